The highest BCUT2D eigenvalue weighted by Gasteiger charge is 2.14. The van der Waals surface area contributed by atoms with Crippen molar-refractivity contribution in [2.75, 3.05) is 0 Å². The molecule has 0 aliphatic carbocycles. The number of aromatic amines is 1. The molecular formula is C6H7ClN2O2. The number of alkyl halides is 1. The molecule has 1 rings (SSSR count). The standard InChI is InChI=1S/C6H7ClN2O2/c7-5(6(10)11)1-4-2-8-3-9-4/h2-3,5H,1H2,(H,8,9)(H,10,11)/t5-/m1/s1. The van der Waals surface area contributed by atoms with Crippen molar-refractivity contribution in [3.63, 3.8) is 0 Å². The Morgan fingerprint density at radius 3 is 3.09 bits per heavy atom. The average Bonchev–Trinajstić information content (AvgIpc) is 2.39. The summed E-state index contributed by atoms with van der Waals surface area (Å²) in [6.45, 7) is 0. The number of H-pyrrole nitrogens is 1. The van der Waals surface area contributed by atoms with Crippen LogP contribution in [0.3, 0.4) is 0 Å². The number of carboxylic acids is 1. The molecule has 1 aromatic heterocycles. The lowest BCUT2D eigenvalue weighted by Gasteiger charge is -1.98. The van der Waals surface area contributed by atoms with E-state index in [0.717, 1.165) is 0 Å². The largest absolute Gasteiger partial charge is 0.480 e. The van der Waals surface area contributed by atoms with Gasteiger partial charge in [0.1, 0.15) is 5.38 Å². The van der Waals surface area contributed by atoms with Gasteiger partial charge in [-0.3, -0.25) is 4.79 Å². The molecule has 0 fully saturated rings. The minimum atomic E-state index is -1.02. The topological polar surface area (TPSA) is 66.0 Å². The van der Waals surface area contributed by atoms with E-state index in [0.29, 0.717) is 5.69 Å². The van der Waals surface area contributed by atoms with Gasteiger partial charge >= 0.3 is 5.97 Å². The van der Waals surface area contributed by atoms with Crippen molar-refractivity contribution in [2.45, 2.75) is 11.8 Å². The predicted octanol–water partition coefficient (Wildman–Crippen LogP) is 0.644. The van der Waals surface area contributed by atoms with Crippen LogP contribution in [0.15, 0.2) is 12.5 Å². The van der Waals surface area contributed by atoms with Gasteiger partial charge in [-0.05, 0) is 0 Å². The minimum absolute atomic E-state index is 0.250. The van der Waals surface area contributed by atoms with Gasteiger partial charge in [0.25, 0.3) is 0 Å². The Bertz CT molecular complexity index is 235. The Morgan fingerprint density at radius 2 is 2.64 bits per heavy atom. The monoisotopic (exact) mass is 174 g/mol. The number of nitrogens with one attached hydrogen (secondary N) is 1. The van der Waals surface area contributed by atoms with Crippen LogP contribution in [-0.2, 0) is 11.2 Å². The van der Waals surface area contributed by atoms with Crippen LogP contribution in [0, 0.1) is 0 Å². The van der Waals surface area contributed by atoms with Gasteiger partial charge in [-0.15, -0.1) is 11.6 Å². The summed E-state index contributed by atoms with van der Waals surface area (Å²) < 4.78 is 0. The fourth-order valence-corrected chi connectivity index (χ4v) is 0.832. The maximum atomic E-state index is 10.3. The van der Waals surface area contributed by atoms with Crippen LogP contribution in [0.1, 0.15) is 5.69 Å². The maximum Gasteiger partial charge on any atom is 0.322 e. The maximum absolute atomic E-state index is 10.3. The lowest BCUT2D eigenvalue weighted by atomic mass is 10.2. The fraction of sp³-hybridized carbons (Fsp3) is 0.333. The Hall–Kier alpha value is -1.03. The van der Waals surface area contributed by atoms with Gasteiger partial charge in [0.2, 0.25) is 0 Å². The van der Waals surface area contributed by atoms with E-state index in [1.807, 2.05) is 0 Å². The highest BCUT2D eigenvalue weighted by atomic mass is 35.5. The molecule has 0 saturated carbocycles. The number of carboxylic acid groups (broad SMARTS) is 1. The summed E-state index contributed by atoms with van der Waals surface area (Å²) in [5.41, 5.74) is 0.660. The van der Waals surface area contributed by atoms with E-state index in [1.54, 1.807) is 6.20 Å². The summed E-state index contributed by atoms with van der Waals surface area (Å²) in [6, 6.07) is 0. The highest BCUT2D eigenvalue weighted by Crippen LogP contribution is 2.04. The molecule has 0 aliphatic heterocycles. The third-order valence-electron chi connectivity index (χ3n) is 1.21. The average molecular weight is 175 g/mol. The van der Waals surface area contributed by atoms with Crippen molar-refractivity contribution in [1.82, 2.24) is 9.97 Å². The summed E-state index contributed by atoms with van der Waals surface area (Å²) in [4.78, 5) is 16.8. The SMILES string of the molecule is O=C(O)[C@H](Cl)Cc1c[nH]cn1. The first-order chi connectivity index (χ1) is 5.20. The van der Waals surface area contributed by atoms with Crippen LogP contribution >= 0.6 is 11.6 Å². The number of nitrogens with zero attached hydrogens (tertiary/aromatic N) is 1. The number of hydrogen-bond donors (Lipinski definition) is 2. The predicted molar refractivity (Wildman–Crippen MR) is 39.6 cm³/mol. The molecule has 1 aromatic rings. The molecule has 11 heavy (non-hydrogen) atoms. The fourth-order valence-electron chi connectivity index (χ4n) is 0.673. The van der Waals surface area contributed by atoms with Gasteiger partial charge in [-0.2, -0.15) is 0 Å². The van der Waals surface area contributed by atoms with E-state index < -0.39 is 11.3 Å². The molecule has 2 N–H and O–H groups in total. The minimum Gasteiger partial charge on any atom is -0.480 e. The molecule has 4 nitrogen and oxygen atoms in total. The van der Waals surface area contributed by atoms with Gasteiger partial charge in [-0.25, -0.2) is 4.98 Å². The molecule has 0 unspecified atom stereocenters. The van der Waals surface area contributed by atoms with Gasteiger partial charge in [0, 0.05) is 12.6 Å². The van der Waals surface area contributed by atoms with Crippen molar-refractivity contribution in [3.8, 4) is 0 Å². The van der Waals surface area contributed by atoms with Gasteiger partial charge in [0.05, 0.1) is 12.0 Å². The third-order valence-corrected chi connectivity index (χ3v) is 1.55. The molecule has 0 aromatic carbocycles. The number of rotatable bonds is 3. The van der Waals surface area contributed by atoms with E-state index in [9.17, 15) is 4.79 Å². The van der Waals surface area contributed by atoms with Gasteiger partial charge < -0.3 is 10.1 Å². The van der Waals surface area contributed by atoms with Gasteiger partial charge in [0.15, 0.2) is 0 Å². The number of halogens is 1. The van der Waals surface area contributed by atoms with E-state index in [2.05, 4.69) is 9.97 Å². The summed E-state index contributed by atoms with van der Waals surface area (Å²) >= 11 is 5.45. The number of aromatic nitrogens is 2. The second-order valence-electron chi connectivity index (χ2n) is 2.07. The lowest BCUT2D eigenvalue weighted by Crippen LogP contribution is -2.15. The summed E-state index contributed by atoms with van der Waals surface area (Å²) in [5.74, 6) is -1.02. The third kappa shape index (κ3) is 2.23. The molecule has 0 aliphatic rings. The van der Waals surface area contributed by atoms with Crippen molar-refractivity contribution in [3.05, 3.63) is 18.2 Å². The number of imidazole rings is 1. The zero-order valence-corrected chi connectivity index (χ0v) is 6.38. The number of aliphatic carboxylic acids is 1. The second kappa shape index (κ2) is 3.39. The first-order valence-electron chi connectivity index (χ1n) is 3.04. The molecule has 5 heteroatoms. The van der Waals surface area contributed by atoms with Crippen LogP contribution in [0.2, 0.25) is 0 Å². The number of hydrogen-bond acceptors (Lipinski definition) is 2. The summed E-state index contributed by atoms with van der Waals surface area (Å²) in [5, 5.41) is 7.52. The highest BCUT2D eigenvalue weighted by molar-refractivity contribution is 6.29. The molecule has 0 spiro atoms. The van der Waals surface area contributed by atoms with Crippen molar-refractivity contribution in [2.24, 2.45) is 0 Å². The Kier molecular flexibility index (Phi) is 2.48. The summed E-state index contributed by atoms with van der Waals surface area (Å²) in [7, 11) is 0. The Balaban J connectivity index is 2.50. The van der Waals surface area contributed by atoms with Crippen LogP contribution in [0.4, 0.5) is 0 Å². The van der Waals surface area contributed by atoms with Crippen LogP contribution in [0.25, 0.3) is 0 Å². The molecule has 1 atom stereocenters. The molecule has 0 bridgehead atoms. The van der Waals surface area contributed by atoms with Crippen molar-refractivity contribution >= 4 is 17.6 Å². The van der Waals surface area contributed by atoms with Crippen LogP contribution < -0.4 is 0 Å². The quantitative estimate of drug-likeness (QED) is 0.661. The van der Waals surface area contributed by atoms with Gasteiger partial charge in [-0.1, -0.05) is 0 Å². The Morgan fingerprint density at radius 1 is 1.91 bits per heavy atom. The first kappa shape index (κ1) is 8.07. The van der Waals surface area contributed by atoms with E-state index in [1.165, 1.54) is 6.33 Å². The van der Waals surface area contributed by atoms with Crippen molar-refractivity contribution in [1.29, 1.82) is 0 Å². The van der Waals surface area contributed by atoms with E-state index in [-0.39, 0.29) is 6.42 Å². The second-order valence-corrected chi connectivity index (χ2v) is 2.60. The Labute approximate surface area is 68.2 Å². The molecular weight excluding hydrogens is 168 g/mol. The van der Waals surface area contributed by atoms with E-state index in [4.69, 9.17) is 16.7 Å². The van der Waals surface area contributed by atoms with Crippen molar-refractivity contribution < 1.29 is 9.90 Å². The lowest BCUT2D eigenvalue weighted by molar-refractivity contribution is -0.136. The van der Waals surface area contributed by atoms with Crippen LogP contribution in [-0.4, -0.2) is 26.4 Å². The molecule has 0 amide bonds. The van der Waals surface area contributed by atoms with E-state index >= 15 is 0 Å². The number of carbonyl (C=O) groups is 1. The smallest absolute Gasteiger partial charge is 0.322 e. The molecule has 60 valence electrons. The molecule has 0 saturated heterocycles. The molecule has 0 radical (unpaired) electrons. The zero-order chi connectivity index (χ0) is 8.27. The normalized spacial score (nSPS) is 12.8. The summed E-state index contributed by atoms with van der Waals surface area (Å²) in [6.07, 6.45) is 3.36. The van der Waals surface area contributed by atoms with Crippen LogP contribution in [0.5, 0.6) is 0 Å². The molecule has 1 heterocycles. The first-order valence-corrected chi connectivity index (χ1v) is 3.48. The zero-order valence-electron chi connectivity index (χ0n) is 5.62.